The number of benzene rings is 1. The van der Waals surface area contributed by atoms with Crippen molar-refractivity contribution in [1.29, 1.82) is 0 Å². The minimum Gasteiger partial charge on any atom is -0.465 e. The predicted octanol–water partition coefficient (Wildman–Crippen LogP) is 5.68. The Morgan fingerprint density at radius 1 is 1.20 bits per heavy atom. The number of carbonyl (C=O) groups excluding carboxylic acids is 2. The van der Waals surface area contributed by atoms with Crippen molar-refractivity contribution in [3.63, 3.8) is 0 Å². The third-order valence-corrected chi connectivity index (χ3v) is 8.23. The summed E-state index contributed by atoms with van der Waals surface area (Å²) in [6.07, 6.45) is 8.05. The van der Waals surface area contributed by atoms with Crippen LogP contribution in [0.4, 0.5) is 5.00 Å². The zero-order valence-corrected chi connectivity index (χ0v) is 21.8. The van der Waals surface area contributed by atoms with Crippen molar-refractivity contribution < 1.29 is 14.3 Å². The Morgan fingerprint density at radius 2 is 1.97 bits per heavy atom. The second-order valence-electron chi connectivity index (χ2n) is 8.47. The molecule has 1 aliphatic rings. The van der Waals surface area contributed by atoms with Gasteiger partial charge in [0.25, 0.3) is 0 Å². The number of esters is 1. The van der Waals surface area contributed by atoms with E-state index in [1.165, 1.54) is 41.5 Å². The number of fused-ring (bicyclic) bond motifs is 1. The van der Waals surface area contributed by atoms with E-state index in [1.54, 1.807) is 6.08 Å². The number of carbonyl (C=O) groups is 2. The average Bonchev–Trinajstić information content (AvgIpc) is 3.38. The Morgan fingerprint density at radius 3 is 2.71 bits per heavy atom. The first-order valence-corrected chi connectivity index (χ1v) is 13.6. The normalized spacial score (nSPS) is 13.4. The molecule has 0 aliphatic heterocycles. The van der Waals surface area contributed by atoms with Gasteiger partial charge in [-0.2, -0.15) is 0 Å². The molecule has 184 valence electrons. The highest BCUT2D eigenvalue weighted by Crippen LogP contribution is 2.37. The summed E-state index contributed by atoms with van der Waals surface area (Å²) >= 11 is 2.82. The van der Waals surface area contributed by atoms with Crippen LogP contribution in [-0.2, 0) is 28.9 Å². The Bertz CT molecular complexity index is 1230. The topological polar surface area (TPSA) is 86.1 Å². The quantitative estimate of drug-likeness (QED) is 0.238. The molecular weight excluding hydrogens is 480 g/mol. The van der Waals surface area contributed by atoms with Crippen molar-refractivity contribution in [3.8, 4) is 11.4 Å². The minimum atomic E-state index is -0.389. The molecule has 0 spiro atoms. The zero-order chi connectivity index (χ0) is 24.8. The molecule has 1 aromatic carbocycles. The summed E-state index contributed by atoms with van der Waals surface area (Å²) < 4.78 is 7.02. The van der Waals surface area contributed by atoms with Crippen molar-refractivity contribution in [2.75, 3.05) is 18.2 Å². The Hall–Kier alpha value is -2.91. The van der Waals surface area contributed by atoms with Gasteiger partial charge in [-0.15, -0.1) is 28.1 Å². The van der Waals surface area contributed by atoms with Crippen molar-refractivity contribution in [2.45, 2.75) is 57.1 Å². The lowest BCUT2D eigenvalue weighted by molar-refractivity contribution is -0.113. The maximum Gasteiger partial charge on any atom is 0.341 e. The highest BCUT2D eigenvalue weighted by molar-refractivity contribution is 7.99. The van der Waals surface area contributed by atoms with E-state index in [0.717, 1.165) is 54.6 Å². The minimum absolute atomic E-state index is 0.145. The summed E-state index contributed by atoms with van der Waals surface area (Å²) in [7, 11) is 1.38. The Kier molecular flexibility index (Phi) is 8.41. The maximum atomic E-state index is 12.9. The highest BCUT2D eigenvalue weighted by atomic mass is 32.2. The number of ether oxygens (including phenoxy) is 1. The molecule has 4 rings (SSSR count). The van der Waals surface area contributed by atoms with Gasteiger partial charge in [0, 0.05) is 17.0 Å². The smallest absolute Gasteiger partial charge is 0.341 e. The fourth-order valence-corrected chi connectivity index (χ4v) is 6.37. The molecule has 3 aromatic rings. The number of amides is 1. The number of thioether (sulfide) groups is 1. The molecule has 1 amide bonds. The number of thiophene rings is 1. The third-order valence-electron chi connectivity index (χ3n) is 6.06. The summed E-state index contributed by atoms with van der Waals surface area (Å²) in [5.74, 6) is 0.309. The van der Waals surface area contributed by atoms with Gasteiger partial charge < -0.3 is 10.1 Å². The number of nitrogens with one attached hydrogen (secondary N) is 1. The first-order chi connectivity index (χ1) is 17.0. The summed E-state index contributed by atoms with van der Waals surface area (Å²) in [5.41, 5.74) is 3.66. The van der Waals surface area contributed by atoms with Crippen LogP contribution in [0.3, 0.4) is 0 Å². The van der Waals surface area contributed by atoms with Crippen LogP contribution in [0.5, 0.6) is 0 Å². The molecule has 2 aromatic heterocycles. The second kappa shape index (κ2) is 11.7. The number of hydrogen-bond acceptors (Lipinski definition) is 7. The first-order valence-electron chi connectivity index (χ1n) is 11.8. The molecule has 0 saturated carbocycles. The van der Waals surface area contributed by atoms with Crippen LogP contribution in [0.25, 0.3) is 11.4 Å². The van der Waals surface area contributed by atoms with Gasteiger partial charge in [-0.3, -0.25) is 9.36 Å². The van der Waals surface area contributed by atoms with Gasteiger partial charge in [0.1, 0.15) is 5.00 Å². The lowest BCUT2D eigenvalue weighted by atomic mass is 9.96. The monoisotopic (exact) mass is 510 g/mol. The molecular formula is C26H30N4O3S2. The van der Waals surface area contributed by atoms with Gasteiger partial charge in [-0.05, 0) is 43.7 Å². The maximum absolute atomic E-state index is 12.9. The van der Waals surface area contributed by atoms with Crippen LogP contribution in [0.2, 0.25) is 0 Å². The second-order valence-corrected chi connectivity index (χ2v) is 10.5. The molecule has 0 bridgehead atoms. The lowest BCUT2D eigenvalue weighted by Crippen LogP contribution is -2.17. The molecule has 2 heterocycles. The number of aromatic nitrogens is 3. The van der Waals surface area contributed by atoms with Gasteiger partial charge in [-0.25, -0.2) is 4.79 Å². The largest absolute Gasteiger partial charge is 0.465 e. The molecule has 35 heavy (non-hydrogen) atoms. The van der Waals surface area contributed by atoms with E-state index in [-0.39, 0.29) is 17.6 Å². The lowest BCUT2D eigenvalue weighted by Gasteiger charge is -2.11. The van der Waals surface area contributed by atoms with Crippen LogP contribution in [0.15, 0.2) is 42.1 Å². The third kappa shape index (κ3) is 5.67. The van der Waals surface area contributed by atoms with Gasteiger partial charge in [0.05, 0.1) is 18.4 Å². The molecule has 1 N–H and O–H groups in total. The van der Waals surface area contributed by atoms with Crippen molar-refractivity contribution in [3.05, 3.63) is 58.5 Å². The number of anilines is 1. The molecule has 7 nitrogen and oxygen atoms in total. The van der Waals surface area contributed by atoms with Crippen LogP contribution in [0.1, 0.15) is 52.0 Å². The first kappa shape index (κ1) is 25.2. The van der Waals surface area contributed by atoms with Crippen LogP contribution in [-0.4, -0.2) is 39.5 Å². The number of aryl methyl sites for hydroxylation is 2. The van der Waals surface area contributed by atoms with E-state index in [2.05, 4.69) is 22.1 Å². The molecule has 9 heteroatoms. The number of allylic oxidation sites excluding steroid dienone is 1. The van der Waals surface area contributed by atoms with E-state index in [1.807, 2.05) is 35.8 Å². The standard InChI is InChI=1S/C26H30N4O3S2/c1-4-15-30-23(18-12-10-9-11-17(18)2)28-29-26(30)34-16-21(31)27-24-22(25(32)33-3)19-13-7-5-6-8-14-20(19)35-24/h4,9-12H,1,5-8,13-16H2,2-3H3,(H,27,31). The van der Waals surface area contributed by atoms with Crippen molar-refractivity contribution in [1.82, 2.24) is 14.8 Å². The van der Waals surface area contributed by atoms with Gasteiger partial charge >= 0.3 is 5.97 Å². The number of rotatable bonds is 8. The SMILES string of the molecule is C=CCn1c(SCC(=O)Nc2sc3c(c2C(=O)OC)CCCCCC3)nnc1-c1ccccc1C. The summed E-state index contributed by atoms with van der Waals surface area (Å²) in [6.45, 7) is 6.42. The fraction of sp³-hybridized carbons (Fsp3) is 0.385. The summed E-state index contributed by atoms with van der Waals surface area (Å²) in [6, 6.07) is 8.00. The van der Waals surface area contributed by atoms with E-state index in [9.17, 15) is 9.59 Å². The molecule has 0 radical (unpaired) electrons. The average molecular weight is 511 g/mol. The van der Waals surface area contributed by atoms with Gasteiger partial charge in [-0.1, -0.05) is 54.9 Å². The number of hydrogen-bond donors (Lipinski definition) is 1. The Balaban J connectivity index is 1.52. The molecule has 0 saturated heterocycles. The molecule has 0 atom stereocenters. The fourth-order valence-electron chi connectivity index (χ4n) is 4.33. The van der Waals surface area contributed by atoms with Crippen LogP contribution < -0.4 is 5.32 Å². The van der Waals surface area contributed by atoms with Crippen LogP contribution >= 0.6 is 23.1 Å². The summed E-state index contributed by atoms with van der Waals surface area (Å²) in [5, 5.41) is 12.9. The number of nitrogens with zero attached hydrogens (tertiary/aromatic N) is 3. The highest BCUT2D eigenvalue weighted by Gasteiger charge is 2.26. The number of methoxy groups -OCH3 is 1. The van der Waals surface area contributed by atoms with Crippen LogP contribution in [0, 0.1) is 6.92 Å². The molecule has 0 fully saturated rings. The van der Waals surface area contributed by atoms with Crippen molar-refractivity contribution >= 4 is 40.0 Å². The zero-order valence-electron chi connectivity index (χ0n) is 20.1. The summed E-state index contributed by atoms with van der Waals surface area (Å²) in [4.78, 5) is 26.7. The van der Waals surface area contributed by atoms with E-state index >= 15 is 0 Å². The van der Waals surface area contributed by atoms with E-state index in [0.29, 0.717) is 22.3 Å². The van der Waals surface area contributed by atoms with E-state index in [4.69, 9.17) is 4.74 Å². The Labute approximate surface area is 214 Å². The van der Waals surface area contributed by atoms with Gasteiger partial charge in [0.15, 0.2) is 11.0 Å². The predicted molar refractivity (Wildman–Crippen MR) is 141 cm³/mol. The van der Waals surface area contributed by atoms with Gasteiger partial charge in [0.2, 0.25) is 5.91 Å². The van der Waals surface area contributed by atoms with E-state index < -0.39 is 0 Å². The molecule has 1 aliphatic carbocycles. The van der Waals surface area contributed by atoms with Crippen molar-refractivity contribution in [2.24, 2.45) is 0 Å². The molecule has 0 unspecified atom stereocenters.